The first-order valence-electron chi connectivity index (χ1n) is 7.77. The third-order valence-electron chi connectivity index (χ3n) is 4.06. The van der Waals surface area contributed by atoms with Crippen molar-refractivity contribution < 1.29 is 18.1 Å². The molecular weight excluding hydrogens is 351 g/mol. The Kier molecular flexibility index (Phi) is 5.55. The molecule has 142 valence electrons. The first kappa shape index (κ1) is 19.7. The van der Waals surface area contributed by atoms with Crippen LogP contribution in [0.2, 0.25) is 0 Å². The molecule has 0 aliphatic rings. The zero-order chi connectivity index (χ0) is 19.6. The van der Waals surface area contributed by atoms with Crippen molar-refractivity contribution in [2.24, 2.45) is 7.05 Å². The molecule has 1 unspecified atom stereocenters. The molecule has 0 aliphatic carbocycles. The summed E-state index contributed by atoms with van der Waals surface area (Å²) in [5.41, 5.74) is -0.155. The van der Waals surface area contributed by atoms with Gasteiger partial charge >= 0.3 is 11.9 Å². The Morgan fingerprint density at radius 1 is 1.38 bits per heavy atom. The van der Waals surface area contributed by atoms with E-state index in [1.54, 1.807) is 32.1 Å². The van der Waals surface area contributed by atoms with Crippen LogP contribution in [0.4, 0.5) is 24.7 Å². The van der Waals surface area contributed by atoms with Crippen molar-refractivity contribution in [2.75, 3.05) is 26.0 Å². The Morgan fingerprint density at radius 2 is 2.04 bits per heavy atom. The number of anilines is 1. The van der Waals surface area contributed by atoms with Gasteiger partial charge in [-0.15, -0.1) is 0 Å². The minimum Gasteiger partial charge on any atom is -0.363 e. The number of aromatic nitrogens is 2. The third-order valence-corrected chi connectivity index (χ3v) is 4.06. The second-order valence-electron chi connectivity index (χ2n) is 6.15. The molecule has 26 heavy (non-hydrogen) atoms. The molecule has 0 fully saturated rings. The van der Waals surface area contributed by atoms with E-state index >= 15 is 0 Å². The lowest BCUT2D eigenvalue weighted by atomic mass is 10.0. The fourth-order valence-electron chi connectivity index (χ4n) is 2.78. The van der Waals surface area contributed by atoms with Gasteiger partial charge in [-0.2, -0.15) is 18.3 Å². The highest BCUT2D eigenvalue weighted by Crippen LogP contribution is 2.32. The number of nitrogens with zero attached hydrogens (tertiary/aromatic N) is 4. The maximum atomic E-state index is 13.0. The molecule has 0 aliphatic heterocycles. The molecule has 1 N–H and O–H groups in total. The summed E-state index contributed by atoms with van der Waals surface area (Å²) in [7, 11) is 5.03. The Balaban J connectivity index is 2.30. The summed E-state index contributed by atoms with van der Waals surface area (Å²) in [5, 5.41) is 18.2. The molecule has 7 nitrogen and oxygen atoms in total. The minimum absolute atomic E-state index is 0.144. The summed E-state index contributed by atoms with van der Waals surface area (Å²) in [5.74, 6) is 0.214. The van der Waals surface area contributed by atoms with Gasteiger partial charge in [-0.3, -0.25) is 10.1 Å². The first-order valence-corrected chi connectivity index (χ1v) is 7.77. The molecule has 2 aromatic rings. The average Bonchev–Trinajstić information content (AvgIpc) is 2.80. The molecule has 1 aromatic heterocycles. The summed E-state index contributed by atoms with van der Waals surface area (Å²) >= 11 is 0. The van der Waals surface area contributed by atoms with Crippen LogP contribution in [0.3, 0.4) is 0 Å². The van der Waals surface area contributed by atoms with Crippen LogP contribution >= 0.6 is 0 Å². The summed E-state index contributed by atoms with van der Waals surface area (Å²) in [6.45, 7) is 1.70. The van der Waals surface area contributed by atoms with Crippen molar-refractivity contribution in [1.29, 1.82) is 0 Å². The van der Waals surface area contributed by atoms with E-state index in [0.717, 1.165) is 12.1 Å². The van der Waals surface area contributed by atoms with E-state index in [4.69, 9.17) is 0 Å². The zero-order valence-corrected chi connectivity index (χ0v) is 14.8. The maximum Gasteiger partial charge on any atom is 0.416 e. The molecule has 0 radical (unpaired) electrons. The van der Waals surface area contributed by atoms with Crippen LogP contribution in [0.1, 0.15) is 22.9 Å². The van der Waals surface area contributed by atoms with Gasteiger partial charge in [0, 0.05) is 13.6 Å². The number of halogens is 3. The monoisotopic (exact) mass is 371 g/mol. The van der Waals surface area contributed by atoms with Gasteiger partial charge in [-0.1, -0.05) is 12.1 Å². The van der Waals surface area contributed by atoms with E-state index in [1.807, 2.05) is 0 Å². The Hall–Kier alpha value is -2.62. The summed E-state index contributed by atoms with van der Waals surface area (Å²) < 4.78 is 40.2. The Morgan fingerprint density at radius 3 is 2.58 bits per heavy atom. The van der Waals surface area contributed by atoms with Crippen molar-refractivity contribution >= 4 is 11.5 Å². The van der Waals surface area contributed by atoms with Crippen LogP contribution in [0.25, 0.3) is 0 Å². The van der Waals surface area contributed by atoms with E-state index in [0.29, 0.717) is 5.56 Å². The molecule has 0 spiro atoms. The van der Waals surface area contributed by atoms with Gasteiger partial charge in [0.15, 0.2) is 0 Å². The highest BCUT2D eigenvalue weighted by molar-refractivity contribution is 5.59. The zero-order valence-electron chi connectivity index (χ0n) is 14.8. The van der Waals surface area contributed by atoms with Crippen molar-refractivity contribution in [3.63, 3.8) is 0 Å². The van der Waals surface area contributed by atoms with Crippen LogP contribution in [0, 0.1) is 17.0 Å². The number of aryl methyl sites for hydroxylation is 2. The van der Waals surface area contributed by atoms with Crippen molar-refractivity contribution in [3.05, 3.63) is 51.2 Å². The quantitative estimate of drug-likeness (QED) is 0.622. The van der Waals surface area contributed by atoms with E-state index in [9.17, 15) is 23.3 Å². The SMILES string of the molecule is Cc1nn(C)c(NCC(c2cccc(C(F)(F)F)c2)N(C)C)c1[N+](=O)[O-]. The number of nitro groups is 1. The summed E-state index contributed by atoms with van der Waals surface area (Å²) in [4.78, 5) is 12.5. The molecule has 0 bridgehead atoms. The van der Waals surface area contributed by atoms with E-state index in [1.165, 1.54) is 17.7 Å². The predicted octanol–water partition coefficient (Wildman–Crippen LogP) is 3.37. The maximum absolute atomic E-state index is 13.0. The lowest BCUT2D eigenvalue weighted by Crippen LogP contribution is -2.28. The lowest BCUT2D eigenvalue weighted by molar-refractivity contribution is -0.384. The highest BCUT2D eigenvalue weighted by atomic mass is 19.4. The smallest absolute Gasteiger partial charge is 0.363 e. The van der Waals surface area contributed by atoms with E-state index in [2.05, 4.69) is 10.4 Å². The van der Waals surface area contributed by atoms with Crippen LogP contribution in [0.15, 0.2) is 24.3 Å². The summed E-state index contributed by atoms with van der Waals surface area (Å²) in [6, 6.07) is 4.64. The van der Waals surface area contributed by atoms with Crippen molar-refractivity contribution in [1.82, 2.24) is 14.7 Å². The molecular formula is C16H20F3N5O2. The molecule has 10 heteroatoms. The Labute approximate surface area is 148 Å². The minimum atomic E-state index is -4.43. The molecule has 0 saturated carbocycles. The van der Waals surface area contributed by atoms with Crippen LogP contribution in [-0.4, -0.2) is 40.2 Å². The van der Waals surface area contributed by atoms with Crippen LogP contribution in [0.5, 0.6) is 0 Å². The second kappa shape index (κ2) is 7.32. The molecule has 0 saturated heterocycles. The van der Waals surface area contributed by atoms with Crippen molar-refractivity contribution in [2.45, 2.75) is 19.1 Å². The van der Waals surface area contributed by atoms with Gasteiger partial charge in [0.2, 0.25) is 5.82 Å². The summed E-state index contributed by atoms with van der Waals surface area (Å²) in [6.07, 6.45) is -4.43. The van der Waals surface area contributed by atoms with Gasteiger partial charge < -0.3 is 10.2 Å². The normalized spacial score (nSPS) is 13.1. The molecule has 0 amide bonds. The van der Waals surface area contributed by atoms with Gasteiger partial charge in [-0.25, -0.2) is 4.68 Å². The number of rotatable bonds is 6. The van der Waals surface area contributed by atoms with Gasteiger partial charge in [0.05, 0.1) is 16.5 Å². The third kappa shape index (κ3) is 4.13. The fourth-order valence-corrected chi connectivity index (χ4v) is 2.78. The number of nitrogens with one attached hydrogen (secondary N) is 1. The highest BCUT2D eigenvalue weighted by Gasteiger charge is 2.31. The molecule has 1 heterocycles. The molecule has 1 atom stereocenters. The van der Waals surface area contributed by atoms with E-state index in [-0.39, 0.29) is 23.7 Å². The standard InChI is InChI=1S/C16H20F3N5O2/c1-10-14(24(25)26)15(23(4)21-10)20-9-13(22(2)3)11-6-5-7-12(8-11)16(17,18)19/h5-8,13,20H,9H2,1-4H3. The van der Waals surface area contributed by atoms with Gasteiger partial charge in [0.1, 0.15) is 5.69 Å². The predicted molar refractivity (Wildman–Crippen MR) is 91.0 cm³/mol. The van der Waals surface area contributed by atoms with Gasteiger partial charge in [0.25, 0.3) is 0 Å². The largest absolute Gasteiger partial charge is 0.416 e. The number of benzene rings is 1. The number of likely N-dealkylation sites (N-methyl/N-ethyl adjacent to an activating group) is 1. The van der Waals surface area contributed by atoms with Gasteiger partial charge in [-0.05, 0) is 38.7 Å². The topological polar surface area (TPSA) is 76.2 Å². The number of hydrogen-bond acceptors (Lipinski definition) is 5. The lowest BCUT2D eigenvalue weighted by Gasteiger charge is -2.26. The number of alkyl halides is 3. The molecule has 2 rings (SSSR count). The van der Waals surface area contributed by atoms with Crippen LogP contribution < -0.4 is 5.32 Å². The first-order chi connectivity index (χ1) is 12.0. The Bertz CT molecular complexity index is 802. The van der Waals surface area contributed by atoms with E-state index < -0.39 is 22.7 Å². The number of hydrogen-bond donors (Lipinski definition) is 1. The average molecular weight is 371 g/mol. The van der Waals surface area contributed by atoms with Crippen LogP contribution in [-0.2, 0) is 13.2 Å². The molecule has 1 aromatic carbocycles. The second-order valence-corrected chi connectivity index (χ2v) is 6.15. The fraction of sp³-hybridized carbons (Fsp3) is 0.438. The van der Waals surface area contributed by atoms with Crippen molar-refractivity contribution in [3.8, 4) is 0 Å².